The van der Waals surface area contributed by atoms with Gasteiger partial charge in [-0.2, -0.15) is 0 Å². The fraction of sp³-hybridized carbons (Fsp3) is 0.778. The average molecular weight is 260 g/mol. The van der Waals surface area contributed by atoms with Crippen LogP contribution in [0.1, 0.15) is 25.1 Å². The molecule has 2 heterocycles. The summed E-state index contributed by atoms with van der Waals surface area (Å²) in [5.74, 6) is 0.615. The molecule has 1 saturated heterocycles. The summed E-state index contributed by atoms with van der Waals surface area (Å²) < 4.78 is 29.2. The summed E-state index contributed by atoms with van der Waals surface area (Å²) in [6.45, 7) is 0.811. The number of hydrogen-bond donors (Lipinski definition) is 1. The first-order valence-electron chi connectivity index (χ1n) is 5.51. The van der Waals surface area contributed by atoms with Crippen LogP contribution in [0.4, 0.5) is 0 Å². The van der Waals surface area contributed by atoms with E-state index in [1.165, 1.54) is 4.57 Å². The summed E-state index contributed by atoms with van der Waals surface area (Å²) in [5, 5.41) is 12.3. The lowest BCUT2D eigenvalue weighted by atomic mass is 10.1. The van der Waals surface area contributed by atoms with Crippen LogP contribution in [0, 0.1) is 0 Å². The summed E-state index contributed by atoms with van der Waals surface area (Å²) in [6, 6.07) is 0. The van der Waals surface area contributed by atoms with Crippen LogP contribution in [0.25, 0.3) is 0 Å². The van der Waals surface area contributed by atoms with Crippen LogP contribution in [-0.4, -0.2) is 35.9 Å². The molecule has 2 N–H and O–H groups in total. The molecule has 1 aromatic rings. The highest BCUT2D eigenvalue weighted by molar-refractivity contribution is 7.89. The molecule has 0 aromatic carbocycles. The third-order valence-corrected chi connectivity index (χ3v) is 3.76. The minimum atomic E-state index is -3.79. The molecule has 1 atom stereocenters. The van der Waals surface area contributed by atoms with Crippen molar-refractivity contribution in [3.63, 3.8) is 0 Å². The molecule has 0 spiro atoms. The Balaban J connectivity index is 2.04. The summed E-state index contributed by atoms with van der Waals surface area (Å²) in [4.78, 5) is 0. The van der Waals surface area contributed by atoms with Gasteiger partial charge in [-0.1, -0.05) is 0 Å². The lowest BCUT2D eigenvalue weighted by Crippen LogP contribution is -2.18. The number of aryl methyl sites for hydroxylation is 1. The molecule has 8 heteroatoms. The van der Waals surface area contributed by atoms with E-state index in [1.54, 1.807) is 7.05 Å². The Morgan fingerprint density at radius 3 is 2.82 bits per heavy atom. The topological polar surface area (TPSA) is 100 Å². The monoisotopic (exact) mass is 260 g/mol. The smallest absolute Gasteiger partial charge is 0.273 e. The average Bonchev–Trinajstić information content (AvgIpc) is 2.83. The third kappa shape index (κ3) is 2.82. The van der Waals surface area contributed by atoms with E-state index in [9.17, 15) is 8.42 Å². The maximum Gasteiger partial charge on any atom is 0.273 e. The molecular formula is C9H16N4O3S. The number of ether oxygens (including phenoxy) is 1. The molecule has 0 aliphatic carbocycles. The van der Waals surface area contributed by atoms with Gasteiger partial charge >= 0.3 is 0 Å². The Bertz CT molecular complexity index is 490. The molecule has 1 fully saturated rings. The lowest BCUT2D eigenvalue weighted by Gasteiger charge is -2.08. The fourth-order valence-corrected chi connectivity index (χ4v) is 2.61. The number of nitrogens with zero attached hydrogens (tertiary/aromatic N) is 3. The summed E-state index contributed by atoms with van der Waals surface area (Å²) in [5.41, 5.74) is 0. The molecule has 7 nitrogen and oxygen atoms in total. The second-order valence-corrected chi connectivity index (χ2v) is 5.63. The van der Waals surface area contributed by atoms with Crippen LogP contribution in [0.3, 0.4) is 0 Å². The number of aromatic nitrogens is 3. The molecule has 2 rings (SSSR count). The highest BCUT2D eigenvalue weighted by Gasteiger charge is 2.20. The maximum atomic E-state index is 11.2. The molecule has 1 aromatic heterocycles. The van der Waals surface area contributed by atoms with Crippen LogP contribution in [-0.2, 0) is 28.2 Å². The molecule has 0 saturated carbocycles. The maximum absolute atomic E-state index is 11.2. The van der Waals surface area contributed by atoms with E-state index >= 15 is 0 Å². The predicted molar refractivity (Wildman–Crippen MR) is 59.7 cm³/mol. The Morgan fingerprint density at radius 1 is 1.53 bits per heavy atom. The zero-order valence-electron chi connectivity index (χ0n) is 9.66. The van der Waals surface area contributed by atoms with Crippen molar-refractivity contribution in [2.75, 3.05) is 6.61 Å². The Hall–Kier alpha value is -0.990. The predicted octanol–water partition coefficient (Wildman–Crippen LogP) is -0.426. The molecule has 0 amide bonds. The van der Waals surface area contributed by atoms with Crippen molar-refractivity contribution >= 4 is 10.0 Å². The van der Waals surface area contributed by atoms with Gasteiger partial charge in [0, 0.05) is 20.1 Å². The normalized spacial score (nSPS) is 20.9. The number of nitrogens with two attached hydrogens (primary N) is 1. The zero-order chi connectivity index (χ0) is 12.5. The molecule has 96 valence electrons. The van der Waals surface area contributed by atoms with Crippen molar-refractivity contribution in [2.45, 2.75) is 36.9 Å². The minimum absolute atomic E-state index is 0.195. The Morgan fingerprint density at radius 2 is 2.29 bits per heavy atom. The van der Waals surface area contributed by atoms with Gasteiger partial charge in [0.05, 0.1) is 6.10 Å². The summed E-state index contributed by atoms with van der Waals surface area (Å²) in [6.07, 6.45) is 3.87. The van der Waals surface area contributed by atoms with Gasteiger partial charge in [0.1, 0.15) is 5.82 Å². The van der Waals surface area contributed by atoms with E-state index in [1.807, 2.05) is 0 Å². The minimum Gasteiger partial charge on any atom is -0.378 e. The Labute approximate surface area is 100 Å². The molecule has 1 aliphatic rings. The first kappa shape index (κ1) is 12.5. The fourth-order valence-electron chi connectivity index (χ4n) is 1.97. The van der Waals surface area contributed by atoms with E-state index < -0.39 is 10.0 Å². The van der Waals surface area contributed by atoms with E-state index in [4.69, 9.17) is 9.88 Å². The van der Waals surface area contributed by atoms with Gasteiger partial charge in [0.2, 0.25) is 0 Å². The van der Waals surface area contributed by atoms with E-state index in [0.29, 0.717) is 12.2 Å². The number of primary sulfonamides is 1. The highest BCUT2D eigenvalue weighted by atomic mass is 32.2. The van der Waals surface area contributed by atoms with Crippen LogP contribution in [0.2, 0.25) is 0 Å². The van der Waals surface area contributed by atoms with E-state index in [0.717, 1.165) is 25.9 Å². The van der Waals surface area contributed by atoms with Gasteiger partial charge in [0.25, 0.3) is 15.2 Å². The SMILES string of the molecule is Cn1c(CCC2CCCO2)nnc1S(N)(=O)=O. The molecule has 0 bridgehead atoms. The second kappa shape index (κ2) is 4.71. The summed E-state index contributed by atoms with van der Waals surface area (Å²) in [7, 11) is -2.19. The van der Waals surface area contributed by atoms with Gasteiger partial charge in [0.15, 0.2) is 0 Å². The number of hydrogen-bond acceptors (Lipinski definition) is 5. The van der Waals surface area contributed by atoms with Crippen LogP contribution < -0.4 is 5.14 Å². The van der Waals surface area contributed by atoms with Gasteiger partial charge < -0.3 is 9.30 Å². The quantitative estimate of drug-likeness (QED) is 0.792. The van der Waals surface area contributed by atoms with E-state index in [2.05, 4.69) is 10.2 Å². The van der Waals surface area contributed by atoms with Crippen LogP contribution in [0.5, 0.6) is 0 Å². The van der Waals surface area contributed by atoms with Crippen LogP contribution >= 0.6 is 0 Å². The molecule has 1 aliphatic heterocycles. The molecule has 1 unspecified atom stereocenters. The molecule has 17 heavy (non-hydrogen) atoms. The first-order chi connectivity index (χ1) is 7.98. The van der Waals surface area contributed by atoms with Crippen molar-refractivity contribution in [3.8, 4) is 0 Å². The third-order valence-electron chi connectivity index (χ3n) is 2.89. The highest BCUT2D eigenvalue weighted by Crippen LogP contribution is 2.17. The van der Waals surface area contributed by atoms with Gasteiger partial charge in [-0.25, -0.2) is 13.6 Å². The van der Waals surface area contributed by atoms with Gasteiger partial charge in [-0.05, 0) is 19.3 Å². The van der Waals surface area contributed by atoms with Crippen molar-refractivity contribution in [2.24, 2.45) is 12.2 Å². The number of rotatable bonds is 4. The molecule has 0 radical (unpaired) electrons. The Kier molecular flexibility index (Phi) is 3.45. The van der Waals surface area contributed by atoms with E-state index in [-0.39, 0.29) is 11.3 Å². The molecular weight excluding hydrogens is 244 g/mol. The van der Waals surface area contributed by atoms with Crippen molar-refractivity contribution in [3.05, 3.63) is 5.82 Å². The van der Waals surface area contributed by atoms with Crippen LogP contribution in [0.15, 0.2) is 5.16 Å². The van der Waals surface area contributed by atoms with Gasteiger partial charge in [-0.3, -0.25) is 0 Å². The van der Waals surface area contributed by atoms with Gasteiger partial charge in [-0.15, -0.1) is 10.2 Å². The lowest BCUT2D eigenvalue weighted by molar-refractivity contribution is 0.104. The van der Waals surface area contributed by atoms with Crippen molar-refractivity contribution in [1.82, 2.24) is 14.8 Å². The van der Waals surface area contributed by atoms with Crippen molar-refractivity contribution < 1.29 is 13.2 Å². The number of sulfonamides is 1. The zero-order valence-corrected chi connectivity index (χ0v) is 10.5. The standard InChI is InChI=1S/C9H16N4O3S/c1-13-8(5-4-7-3-2-6-16-7)11-12-9(13)17(10,14)15/h7H,2-6H2,1H3,(H2,10,14,15). The second-order valence-electron chi connectivity index (χ2n) is 4.18. The van der Waals surface area contributed by atoms with Crippen molar-refractivity contribution in [1.29, 1.82) is 0 Å². The summed E-state index contributed by atoms with van der Waals surface area (Å²) >= 11 is 0. The largest absolute Gasteiger partial charge is 0.378 e. The first-order valence-corrected chi connectivity index (χ1v) is 7.06.